The van der Waals surface area contributed by atoms with Gasteiger partial charge in [-0.15, -0.1) is 11.3 Å². The van der Waals surface area contributed by atoms with Crippen LogP contribution in [0.1, 0.15) is 10.4 Å². The van der Waals surface area contributed by atoms with Gasteiger partial charge in [-0.1, -0.05) is 0 Å². The number of carbonyl (C=O) groups is 1. The van der Waals surface area contributed by atoms with E-state index in [4.69, 9.17) is 0 Å². The molecule has 1 aliphatic heterocycles. The van der Waals surface area contributed by atoms with Gasteiger partial charge >= 0.3 is 0 Å². The lowest BCUT2D eigenvalue weighted by molar-refractivity contribution is 0.102. The Kier molecular flexibility index (Phi) is 2.09. The lowest BCUT2D eigenvalue weighted by atomic mass is 10.2. The number of hydrogen-bond donors (Lipinski definition) is 2. The standard InChI is InChI=1S/C12H10N2O2S/c1-14-10-3-2-7(15)4-9(10)13-12(16)8-5-17-6-11(8)14/h2-6,15H,1H3,(H,13,16). The molecule has 0 atom stereocenters. The van der Waals surface area contributed by atoms with Crippen molar-refractivity contribution in [1.82, 2.24) is 0 Å². The first-order valence-corrected chi connectivity index (χ1v) is 6.05. The number of amides is 1. The highest BCUT2D eigenvalue weighted by Gasteiger charge is 2.23. The second kappa shape index (κ2) is 3.49. The Morgan fingerprint density at radius 3 is 2.94 bits per heavy atom. The first-order chi connectivity index (χ1) is 8.16. The molecular weight excluding hydrogens is 236 g/mol. The molecule has 3 rings (SSSR count). The number of hydrogen-bond acceptors (Lipinski definition) is 4. The van der Waals surface area contributed by atoms with Gasteiger partial charge in [0.25, 0.3) is 5.91 Å². The Hall–Kier alpha value is -2.01. The average molecular weight is 246 g/mol. The third-order valence-electron chi connectivity index (χ3n) is 2.84. The van der Waals surface area contributed by atoms with Gasteiger partial charge in [-0.25, -0.2) is 0 Å². The Labute approximate surface area is 102 Å². The van der Waals surface area contributed by atoms with E-state index in [1.807, 2.05) is 22.7 Å². The zero-order valence-corrected chi connectivity index (χ0v) is 9.91. The minimum atomic E-state index is -0.141. The number of nitrogens with one attached hydrogen (secondary N) is 1. The first-order valence-electron chi connectivity index (χ1n) is 5.11. The number of aromatic hydroxyl groups is 1. The second-order valence-corrected chi connectivity index (χ2v) is 4.63. The molecular formula is C12H10N2O2S. The lowest BCUT2D eigenvalue weighted by Crippen LogP contribution is -2.09. The summed E-state index contributed by atoms with van der Waals surface area (Å²) in [6, 6.07) is 4.95. The molecule has 0 bridgehead atoms. The molecule has 5 heteroatoms. The highest BCUT2D eigenvalue weighted by molar-refractivity contribution is 7.08. The number of fused-ring (bicyclic) bond motifs is 2. The second-order valence-electron chi connectivity index (χ2n) is 3.89. The van der Waals surface area contributed by atoms with E-state index < -0.39 is 0 Å². The van der Waals surface area contributed by atoms with E-state index in [2.05, 4.69) is 5.32 Å². The van der Waals surface area contributed by atoms with Gasteiger partial charge in [0.1, 0.15) is 5.75 Å². The Morgan fingerprint density at radius 2 is 2.12 bits per heavy atom. The van der Waals surface area contributed by atoms with Gasteiger partial charge < -0.3 is 15.3 Å². The molecule has 2 aromatic rings. The molecule has 0 radical (unpaired) electrons. The van der Waals surface area contributed by atoms with Gasteiger partial charge in [0.2, 0.25) is 0 Å². The normalized spacial score (nSPS) is 13.7. The molecule has 4 nitrogen and oxygen atoms in total. The molecule has 0 spiro atoms. The van der Waals surface area contributed by atoms with E-state index in [1.54, 1.807) is 18.2 Å². The fourth-order valence-electron chi connectivity index (χ4n) is 1.96. The molecule has 2 N–H and O–H groups in total. The summed E-state index contributed by atoms with van der Waals surface area (Å²) >= 11 is 1.50. The Morgan fingerprint density at radius 1 is 1.29 bits per heavy atom. The predicted molar refractivity (Wildman–Crippen MR) is 68.4 cm³/mol. The van der Waals surface area contributed by atoms with Gasteiger partial charge in [0.05, 0.1) is 22.6 Å². The van der Waals surface area contributed by atoms with Crippen molar-refractivity contribution in [3.8, 4) is 5.75 Å². The number of anilines is 3. The van der Waals surface area contributed by atoms with Crippen molar-refractivity contribution >= 4 is 34.3 Å². The van der Waals surface area contributed by atoms with E-state index in [9.17, 15) is 9.90 Å². The van der Waals surface area contributed by atoms with Gasteiger partial charge in [-0.3, -0.25) is 4.79 Å². The van der Waals surface area contributed by atoms with Crippen LogP contribution in [0, 0.1) is 0 Å². The van der Waals surface area contributed by atoms with E-state index in [1.165, 1.54) is 11.3 Å². The highest BCUT2D eigenvalue weighted by Crippen LogP contribution is 2.39. The van der Waals surface area contributed by atoms with Crippen molar-refractivity contribution in [3.05, 3.63) is 34.5 Å². The third-order valence-corrected chi connectivity index (χ3v) is 3.57. The summed E-state index contributed by atoms with van der Waals surface area (Å²) in [4.78, 5) is 13.9. The number of carbonyl (C=O) groups excluding carboxylic acids is 1. The van der Waals surface area contributed by atoms with Crippen LogP contribution in [-0.4, -0.2) is 18.1 Å². The molecule has 1 aromatic carbocycles. The molecule has 0 saturated carbocycles. The molecule has 0 aliphatic carbocycles. The monoisotopic (exact) mass is 246 g/mol. The van der Waals surface area contributed by atoms with E-state index in [-0.39, 0.29) is 11.7 Å². The maximum atomic E-state index is 12.0. The molecule has 86 valence electrons. The first kappa shape index (κ1) is 10.2. The van der Waals surface area contributed by atoms with Crippen LogP contribution in [0.15, 0.2) is 29.0 Å². The maximum Gasteiger partial charge on any atom is 0.258 e. The van der Waals surface area contributed by atoms with Gasteiger partial charge in [-0.05, 0) is 12.1 Å². The fourth-order valence-corrected chi connectivity index (χ4v) is 2.80. The fraction of sp³-hybridized carbons (Fsp3) is 0.0833. The largest absolute Gasteiger partial charge is 0.508 e. The van der Waals surface area contributed by atoms with Crippen molar-refractivity contribution < 1.29 is 9.90 Å². The number of rotatable bonds is 0. The van der Waals surface area contributed by atoms with E-state index >= 15 is 0 Å². The number of thiophene rings is 1. The maximum absolute atomic E-state index is 12.0. The van der Waals surface area contributed by atoms with Crippen LogP contribution >= 0.6 is 11.3 Å². The molecule has 2 heterocycles. The van der Waals surface area contributed by atoms with E-state index in [0.29, 0.717) is 11.3 Å². The number of phenols is 1. The predicted octanol–water partition coefficient (Wildman–Crippen LogP) is 2.79. The number of benzene rings is 1. The molecule has 1 aromatic heterocycles. The minimum Gasteiger partial charge on any atom is -0.508 e. The SMILES string of the molecule is CN1c2ccc(O)cc2NC(=O)c2cscc21. The van der Waals surface area contributed by atoms with Crippen LogP contribution in [0.25, 0.3) is 0 Å². The number of phenolic OH excluding ortho intramolecular Hbond substituents is 1. The van der Waals surface area contributed by atoms with Gasteiger partial charge in [-0.2, -0.15) is 0 Å². The Bertz CT molecular complexity index is 606. The summed E-state index contributed by atoms with van der Waals surface area (Å²) in [5, 5.41) is 16.0. The molecule has 0 fully saturated rings. The van der Waals surface area contributed by atoms with Crippen molar-refractivity contribution in [2.75, 3.05) is 17.3 Å². The summed E-state index contributed by atoms with van der Waals surface area (Å²) < 4.78 is 0. The van der Waals surface area contributed by atoms with Gasteiger partial charge in [0.15, 0.2) is 0 Å². The summed E-state index contributed by atoms with van der Waals surface area (Å²) in [5.74, 6) is -0.000654. The molecule has 1 aliphatic rings. The summed E-state index contributed by atoms with van der Waals surface area (Å²) in [7, 11) is 1.90. The average Bonchev–Trinajstić information content (AvgIpc) is 2.74. The summed E-state index contributed by atoms with van der Waals surface area (Å²) in [5.41, 5.74) is 3.04. The minimum absolute atomic E-state index is 0.141. The van der Waals surface area contributed by atoms with Crippen LogP contribution in [0.5, 0.6) is 5.75 Å². The summed E-state index contributed by atoms with van der Waals surface area (Å²) in [6.07, 6.45) is 0. The van der Waals surface area contributed by atoms with Crippen molar-refractivity contribution in [2.45, 2.75) is 0 Å². The van der Waals surface area contributed by atoms with Crippen LogP contribution in [0.4, 0.5) is 17.1 Å². The van der Waals surface area contributed by atoms with Gasteiger partial charge in [0, 0.05) is 23.9 Å². The van der Waals surface area contributed by atoms with Crippen LogP contribution < -0.4 is 10.2 Å². The third kappa shape index (κ3) is 1.47. The van der Waals surface area contributed by atoms with Crippen LogP contribution in [-0.2, 0) is 0 Å². The molecule has 0 saturated heterocycles. The molecule has 17 heavy (non-hydrogen) atoms. The van der Waals surface area contributed by atoms with Crippen LogP contribution in [0.3, 0.4) is 0 Å². The van der Waals surface area contributed by atoms with Crippen molar-refractivity contribution in [2.24, 2.45) is 0 Å². The number of nitrogens with zero attached hydrogens (tertiary/aromatic N) is 1. The van der Waals surface area contributed by atoms with Crippen LogP contribution in [0.2, 0.25) is 0 Å². The molecule has 1 amide bonds. The lowest BCUT2D eigenvalue weighted by Gasteiger charge is -2.18. The molecule has 0 unspecified atom stereocenters. The topological polar surface area (TPSA) is 52.6 Å². The smallest absolute Gasteiger partial charge is 0.258 e. The zero-order valence-electron chi connectivity index (χ0n) is 9.10. The quantitative estimate of drug-likeness (QED) is 0.751. The zero-order chi connectivity index (χ0) is 12.0. The highest BCUT2D eigenvalue weighted by atomic mass is 32.1. The van der Waals surface area contributed by atoms with Crippen molar-refractivity contribution in [1.29, 1.82) is 0 Å². The van der Waals surface area contributed by atoms with E-state index in [0.717, 1.165) is 11.4 Å². The summed E-state index contributed by atoms with van der Waals surface area (Å²) in [6.45, 7) is 0. The van der Waals surface area contributed by atoms with Crippen molar-refractivity contribution in [3.63, 3.8) is 0 Å². The Balaban J connectivity index is 2.23.